The van der Waals surface area contributed by atoms with Gasteiger partial charge in [-0.1, -0.05) is 6.42 Å². The first-order valence-electron chi connectivity index (χ1n) is 6.30. The Kier molecular flexibility index (Phi) is 4.07. The first kappa shape index (κ1) is 13.1. The smallest absolute Gasteiger partial charge is 0.167 e. The highest BCUT2D eigenvalue weighted by molar-refractivity contribution is 5.96. The van der Waals surface area contributed by atoms with E-state index in [2.05, 4.69) is 5.32 Å². The number of carbonyl (C=O) groups excluding carboxylic acids is 1. The molecule has 1 saturated heterocycles. The summed E-state index contributed by atoms with van der Waals surface area (Å²) >= 11 is 0. The fourth-order valence-corrected chi connectivity index (χ4v) is 2.29. The molecule has 1 aliphatic heterocycles. The van der Waals surface area contributed by atoms with Crippen LogP contribution in [0.15, 0.2) is 12.1 Å². The number of carbonyl (C=O) groups is 1. The predicted molar refractivity (Wildman–Crippen MR) is 65.7 cm³/mol. The maximum absolute atomic E-state index is 13.6. The summed E-state index contributed by atoms with van der Waals surface area (Å²) < 4.78 is 27.0. The van der Waals surface area contributed by atoms with Gasteiger partial charge in [0.05, 0.1) is 5.56 Å². The molecule has 0 spiro atoms. The van der Waals surface area contributed by atoms with E-state index in [-0.39, 0.29) is 29.4 Å². The lowest BCUT2D eigenvalue weighted by atomic mass is 9.96. The Morgan fingerprint density at radius 2 is 2.11 bits per heavy atom. The summed E-state index contributed by atoms with van der Waals surface area (Å²) in [6.45, 7) is 2.37. The second-order valence-electron chi connectivity index (χ2n) is 4.86. The normalized spacial score (nSPS) is 19.8. The summed E-state index contributed by atoms with van der Waals surface area (Å²) in [5.74, 6) is -1.49. The topological polar surface area (TPSA) is 29.1 Å². The highest BCUT2D eigenvalue weighted by Crippen LogP contribution is 2.18. The zero-order chi connectivity index (χ0) is 13.1. The number of aryl methyl sites for hydroxylation is 1. The fraction of sp³-hybridized carbons (Fsp3) is 0.500. The summed E-state index contributed by atoms with van der Waals surface area (Å²) in [7, 11) is 0. The molecular formula is C14H17F2NO. The van der Waals surface area contributed by atoms with Crippen LogP contribution >= 0.6 is 0 Å². The third-order valence-electron chi connectivity index (χ3n) is 3.39. The molecule has 1 aliphatic rings. The van der Waals surface area contributed by atoms with E-state index in [1.807, 2.05) is 0 Å². The molecule has 1 atom stereocenters. The van der Waals surface area contributed by atoms with Crippen LogP contribution in [-0.4, -0.2) is 18.4 Å². The zero-order valence-electron chi connectivity index (χ0n) is 10.4. The van der Waals surface area contributed by atoms with Crippen LogP contribution in [0.25, 0.3) is 0 Å². The van der Waals surface area contributed by atoms with Crippen molar-refractivity contribution in [1.82, 2.24) is 5.32 Å². The summed E-state index contributed by atoms with van der Waals surface area (Å²) in [6, 6.07) is 2.18. The molecule has 1 aromatic rings. The fourth-order valence-electron chi connectivity index (χ4n) is 2.29. The molecule has 1 unspecified atom stereocenters. The number of ketones is 1. The Hall–Kier alpha value is -1.29. The van der Waals surface area contributed by atoms with Crippen LogP contribution in [0.4, 0.5) is 8.78 Å². The molecule has 0 aliphatic carbocycles. The Morgan fingerprint density at radius 1 is 1.33 bits per heavy atom. The molecule has 0 bridgehead atoms. The van der Waals surface area contributed by atoms with Gasteiger partial charge in [-0.05, 0) is 44.0 Å². The second-order valence-corrected chi connectivity index (χ2v) is 4.86. The minimum absolute atomic E-state index is 0.0926. The maximum Gasteiger partial charge on any atom is 0.167 e. The number of Topliss-reactive ketones (excluding diaryl/α,β-unsaturated/α-hetero) is 1. The lowest BCUT2D eigenvalue weighted by Crippen LogP contribution is -2.35. The van der Waals surface area contributed by atoms with E-state index in [4.69, 9.17) is 0 Å². The van der Waals surface area contributed by atoms with Crippen molar-refractivity contribution in [2.24, 2.45) is 0 Å². The molecule has 98 valence electrons. The Labute approximate surface area is 105 Å². The van der Waals surface area contributed by atoms with Crippen molar-refractivity contribution in [2.75, 3.05) is 6.54 Å². The molecule has 0 amide bonds. The molecule has 2 nitrogen and oxygen atoms in total. The first-order chi connectivity index (χ1) is 8.58. The van der Waals surface area contributed by atoms with Crippen molar-refractivity contribution >= 4 is 5.78 Å². The quantitative estimate of drug-likeness (QED) is 0.839. The number of hydrogen-bond acceptors (Lipinski definition) is 2. The van der Waals surface area contributed by atoms with E-state index in [1.54, 1.807) is 0 Å². The van der Waals surface area contributed by atoms with Crippen LogP contribution in [0.1, 0.15) is 41.6 Å². The van der Waals surface area contributed by atoms with E-state index in [9.17, 15) is 13.6 Å². The number of hydrogen-bond donors (Lipinski definition) is 1. The monoisotopic (exact) mass is 253 g/mol. The van der Waals surface area contributed by atoms with Gasteiger partial charge in [-0.25, -0.2) is 8.78 Å². The van der Waals surface area contributed by atoms with Crippen molar-refractivity contribution in [3.05, 3.63) is 34.9 Å². The Bertz CT molecular complexity index is 453. The van der Waals surface area contributed by atoms with Crippen molar-refractivity contribution in [3.63, 3.8) is 0 Å². The van der Waals surface area contributed by atoms with Crippen LogP contribution in [0.2, 0.25) is 0 Å². The van der Waals surface area contributed by atoms with Gasteiger partial charge in [0.1, 0.15) is 11.6 Å². The summed E-state index contributed by atoms with van der Waals surface area (Å²) in [5.41, 5.74) is 0.0883. The second kappa shape index (κ2) is 5.57. The molecule has 4 heteroatoms. The molecule has 0 aromatic heterocycles. The number of rotatable bonds is 3. The number of nitrogens with one attached hydrogen (secondary N) is 1. The van der Waals surface area contributed by atoms with Gasteiger partial charge in [0.25, 0.3) is 0 Å². The number of piperidine rings is 1. The largest absolute Gasteiger partial charge is 0.314 e. The van der Waals surface area contributed by atoms with Gasteiger partial charge in [-0.3, -0.25) is 4.79 Å². The molecule has 2 rings (SSSR count). The lowest BCUT2D eigenvalue weighted by Gasteiger charge is -2.22. The van der Waals surface area contributed by atoms with Crippen molar-refractivity contribution in [3.8, 4) is 0 Å². The van der Waals surface area contributed by atoms with Gasteiger partial charge < -0.3 is 5.32 Å². The minimum Gasteiger partial charge on any atom is -0.314 e. The van der Waals surface area contributed by atoms with Crippen LogP contribution in [0.5, 0.6) is 0 Å². The maximum atomic E-state index is 13.6. The van der Waals surface area contributed by atoms with Crippen molar-refractivity contribution in [1.29, 1.82) is 0 Å². The molecule has 1 N–H and O–H groups in total. The minimum atomic E-state index is -0.630. The van der Waals surface area contributed by atoms with E-state index in [0.29, 0.717) is 0 Å². The first-order valence-corrected chi connectivity index (χ1v) is 6.30. The summed E-state index contributed by atoms with van der Waals surface area (Å²) in [5, 5.41) is 3.23. The molecule has 18 heavy (non-hydrogen) atoms. The molecule has 0 radical (unpaired) electrons. The number of benzene rings is 1. The van der Waals surface area contributed by atoms with Gasteiger partial charge in [0, 0.05) is 12.5 Å². The average molecular weight is 253 g/mol. The van der Waals surface area contributed by atoms with E-state index < -0.39 is 11.6 Å². The van der Waals surface area contributed by atoms with Gasteiger partial charge in [-0.15, -0.1) is 0 Å². The van der Waals surface area contributed by atoms with Crippen molar-refractivity contribution < 1.29 is 13.6 Å². The standard InChI is InChI=1S/C14H17F2NO/c1-9-6-13(16)11(8-12(9)15)14(18)7-10-4-2-3-5-17-10/h6,8,10,17H,2-5,7H2,1H3. The third kappa shape index (κ3) is 2.93. The van der Waals surface area contributed by atoms with Crippen LogP contribution < -0.4 is 5.32 Å². The van der Waals surface area contributed by atoms with Crippen LogP contribution in [-0.2, 0) is 0 Å². The molecular weight excluding hydrogens is 236 g/mol. The zero-order valence-corrected chi connectivity index (χ0v) is 10.4. The van der Waals surface area contributed by atoms with Crippen molar-refractivity contribution in [2.45, 2.75) is 38.6 Å². The average Bonchev–Trinajstić information content (AvgIpc) is 2.35. The van der Waals surface area contributed by atoms with E-state index in [1.165, 1.54) is 6.92 Å². The molecule has 1 fully saturated rings. The van der Waals surface area contributed by atoms with E-state index >= 15 is 0 Å². The predicted octanol–water partition coefficient (Wildman–Crippen LogP) is 2.99. The van der Waals surface area contributed by atoms with Crippen LogP contribution in [0, 0.1) is 18.6 Å². The highest BCUT2D eigenvalue weighted by atomic mass is 19.1. The molecule has 0 saturated carbocycles. The van der Waals surface area contributed by atoms with Gasteiger partial charge >= 0.3 is 0 Å². The van der Waals surface area contributed by atoms with Gasteiger partial charge in [-0.2, -0.15) is 0 Å². The van der Waals surface area contributed by atoms with Gasteiger partial charge in [0.15, 0.2) is 5.78 Å². The SMILES string of the molecule is Cc1cc(F)c(C(=O)CC2CCCCN2)cc1F. The van der Waals surface area contributed by atoms with Gasteiger partial charge in [0.2, 0.25) is 0 Å². The summed E-state index contributed by atoms with van der Waals surface area (Å²) in [4.78, 5) is 12.0. The summed E-state index contributed by atoms with van der Waals surface area (Å²) in [6.07, 6.45) is 3.34. The van der Waals surface area contributed by atoms with Crippen LogP contribution in [0.3, 0.4) is 0 Å². The third-order valence-corrected chi connectivity index (χ3v) is 3.39. The molecule has 1 aromatic carbocycles. The highest BCUT2D eigenvalue weighted by Gasteiger charge is 2.20. The Balaban J connectivity index is 2.10. The number of halogens is 2. The van der Waals surface area contributed by atoms with E-state index in [0.717, 1.165) is 37.9 Å². The lowest BCUT2D eigenvalue weighted by molar-refractivity contribution is 0.0959. The Morgan fingerprint density at radius 3 is 2.78 bits per heavy atom. The molecule has 1 heterocycles.